The summed E-state index contributed by atoms with van der Waals surface area (Å²) in [6, 6.07) is 5.21. The molecule has 1 unspecified atom stereocenters. The molecule has 1 N–H and O–H groups in total. The van der Waals surface area contributed by atoms with E-state index >= 15 is 0 Å². The van der Waals surface area contributed by atoms with Gasteiger partial charge in [0, 0.05) is 38.5 Å². The van der Waals surface area contributed by atoms with Gasteiger partial charge < -0.3 is 24.5 Å². The molecule has 2 fully saturated rings. The first-order valence-electron chi connectivity index (χ1n) is 15.4. The second-order valence-electron chi connectivity index (χ2n) is 12.1. The molecule has 4 heterocycles. The molecular weight excluding hydrogens is 518 g/mol. The average Bonchev–Trinajstić information content (AvgIpc) is 3.24. The Labute approximate surface area is 244 Å². The first-order chi connectivity index (χ1) is 19.7. The Bertz CT molecular complexity index is 1240. The molecule has 0 aliphatic carbocycles. The number of hydrogen-bond donors (Lipinski definition) is 1. The highest BCUT2D eigenvalue weighted by atomic mass is 16.5. The third-order valence-corrected chi connectivity index (χ3v) is 9.48. The quantitative estimate of drug-likeness (QED) is 0.344. The van der Waals surface area contributed by atoms with Gasteiger partial charge in [-0.15, -0.1) is 0 Å². The van der Waals surface area contributed by atoms with Gasteiger partial charge in [0.2, 0.25) is 11.8 Å². The van der Waals surface area contributed by atoms with E-state index in [1.807, 2.05) is 75.1 Å². The number of fused-ring (bicyclic) bond motifs is 2. The minimum Gasteiger partial charge on any atom is -0.396 e. The highest BCUT2D eigenvalue weighted by molar-refractivity contribution is 6.06. The Morgan fingerprint density at radius 1 is 0.902 bits per heavy atom. The normalized spacial score (nSPS) is 30.9. The van der Waals surface area contributed by atoms with E-state index in [-0.39, 0.29) is 24.3 Å². The number of aliphatic hydroxyl groups excluding tert-OH is 1. The summed E-state index contributed by atoms with van der Waals surface area (Å²) in [5.41, 5.74) is 0.684. The first kappa shape index (κ1) is 29.5. The van der Waals surface area contributed by atoms with Gasteiger partial charge in [-0.3, -0.25) is 14.4 Å². The summed E-state index contributed by atoms with van der Waals surface area (Å²) < 4.78 is 7.06. The number of benzene rings is 1. The highest BCUT2D eigenvalue weighted by Crippen LogP contribution is 2.58. The van der Waals surface area contributed by atoms with Crippen LogP contribution in [-0.4, -0.2) is 82.7 Å². The molecule has 5 rings (SSSR count). The van der Waals surface area contributed by atoms with E-state index in [0.29, 0.717) is 45.4 Å². The number of hydrogen-bond acceptors (Lipinski definition) is 5. The zero-order valence-electron chi connectivity index (χ0n) is 25.0. The van der Waals surface area contributed by atoms with Gasteiger partial charge in [0.05, 0.1) is 17.4 Å². The van der Waals surface area contributed by atoms with Crippen molar-refractivity contribution in [3.8, 4) is 0 Å². The minimum absolute atomic E-state index is 0.0612. The summed E-state index contributed by atoms with van der Waals surface area (Å²) >= 11 is 0. The molecule has 1 spiro atoms. The van der Waals surface area contributed by atoms with E-state index in [9.17, 15) is 19.5 Å². The number of likely N-dealkylation sites (tertiary alicyclic amines) is 1. The van der Waals surface area contributed by atoms with Gasteiger partial charge in [-0.2, -0.15) is 0 Å². The van der Waals surface area contributed by atoms with Crippen LogP contribution in [0.1, 0.15) is 63.5 Å². The van der Waals surface area contributed by atoms with E-state index < -0.39 is 29.1 Å². The van der Waals surface area contributed by atoms with Gasteiger partial charge in [0.1, 0.15) is 11.6 Å². The van der Waals surface area contributed by atoms with Crippen LogP contribution >= 0.6 is 0 Å². The average molecular weight is 564 g/mol. The zero-order chi connectivity index (χ0) is 29.4. The summed E-state index contributed by atoms with van der Waals surface area (Å²) in [7, 11) is 0. The summed E-state index contributed by atoms with van der Waals surface area (Å²) in [5, 5.41) is 9.21. The summed E-state index contributed by atoms with van der Waals surface area (Å²) in [4.78, 5) is 48.8. The lowest BCUT2D eigenvalue weighted by Crippen LogP contribution is -2.56. The van der Waals surface area contributed by atoms with E-state index in [2.05, 4.69) is 0 Å². The molecule has 0 saturated carbocycles. The molecule has 222 valence electrons. The number of ether oxygens (including phenoxy) is 1. The van der Waals surface area contributed by atoms with Crippen molar-refractivity contribution in [2.45, 2.75) is 83.5 Å². The zero-order valence-corrected chi connectivity index (χ0v) is 25.0. The molecular formula is C33H45N3O5. The molecule has 1 aromatic carbocycles. The molecule has 0 bridgehead atoms. The van der Waals surface area contributed by atoms with Crippen LogP contribution < -0.4 is 4.90 Å². The Morgan fingerprint density at radius 3 is 2.39 bits per heavy atom. The van der Waals surface area contributed by atoms with Crippen molar-refractivity contribution < 1.29 is 24.2 Å². The lowest BCUT2D eigenvalue weighted by atomic mass is 9.73. The largest absolute Gasteiger partial charge is 0.396 e. The number of aliphatic hydroxyl groups is 1. The molecule has 8 nitrogen and oxygen atoms in total. The van der Waals surface area contributed by atoms with Crippen molar-refractivity contribution in [3.63, 3.8) is 0 Å². The van der Waals surface area contributed by atoms with Gasteiger partial charge in [0.25, 0.3) is 5.91 Å². The maximum Gasteiger partial charge on any atom is 0.253 e. The number of nitrogens with zero attached hydrogens (tertiary/aromatic N) is 3. The SMILES string of the molecule is CCCN1CC=C[C@@]2(CC)O[C@]34C=CCN(c5cc(C)ccc5C)C(=O)C3N(CCCCCCO)C(=O)[C@@H]4[C@H]2C1=O. The molecule has 4 aliphatic rings. The molecule has 1 aromatic rings. The Hall–Kier alpha value is -2.97. The fourth-order valence-corrected chi connectivity index (χ4v) is 7.50. The summed E-state index contributed by atoms with van der Waals surface area (Å²) in [6.07, 6.45) is 12.4. The van der Waals surface area contributed by atoms with E-state index in [1.54, 1.807) is 9.80 Å². The molecule has 8 heteroatoms. The fourth-order valence-electron chi connectivity index (χ4n) is 7.50. The number of carbonyl (C=O) groups excluding carboxylic acids is 3. The maximum atomic E-state index is 14.7. The molecule has 0 radical (unpaired) electrons. The monoisotopic (exact) mass is 563 g/mol. The van der Waals surface area contributed by atoms with Crippen molar-refractivity contribution in [2.75, 3.05) is 37.7 Å². The van der Waals surface area contributed by atoms with E-state index in [1.165, 1.54) is 0 Å². The van der Waals surface area contributed by atoms with Crippen LogP contribution in [0, 0.1) is 25.7 Å². The van der Waals surface area contributed by atoms with Crippen molar-refractivity contribution in [1.29, 1.82) is 0 Å². The number of aryl methyl sites for hydroxylation is 2. The van der Waals surface area contributed by atoms with Crippen molar-refractivity contribution in [1.82, 2.24) is 9.80 Å². The molecule has 41 heavy (non-hydrogen) atoms. The predicted molar refractivity (Wildman–Crippen MR) is 158 cm³/mol. The van der Waals surface area contributed by atoms with Crippen molar-refractivity contribution in [3.05, 3.63) is 53.6 Å². The Kier molecular flexibility index (Phi) is 8.44. The smallest absolute Gasteiger partial charge is 0.253 e. The third kappa shape index (κ3) is 4.83. The van der Waals surface area contributed by atoms with Crippen LogP contribution in [0.5, 0.6) is 0 Å². The van der Waals surface area contributed by atoms with Crippen LogP contribution in [0.4, 0.5) is 5.69 Å². The molecule has 0 aromatic heterocycles. The number of anilines is 1. The van der Waals surface area contributed by atoms with Crippen LogP contribution in [0.15, 0.2) is 42.5 Å². The number of carbonyl (C=O) groups is 3. The van der Waals surface area contributed by atoms with Crippen molar-refractivity contribution >= 4 is 23.4 Å². The molecule has 4 aliphatic heterocycles. The van der Waals surface area contributed by atoms with Gasteiger partial charge in [0.15, 0.2) is 0 Å². The fraction of sp³-hybridized carbons (Fsp3) is 0.606. The minimum atomic E-state index is -1.23. The lowest BCUT2D eigenvalue weighted by molar-refractivity contribution is -0.150. The summed E-state index contributed by atoms with van der Waals surface area (Å²) in [6.45, 7) is 10.1. The van der Waals surface area contributed by atoms with Crippen LogP contribution in [0.3, 0.4) is 0 Å². The standard InChI is InChI=1S/C33H45N3O5/c1-5-17-34-18-11-15-32(6-2)26(29(34)38)27-30(39)36(19-9-7-8-10-21-37)28-31(40)35(20-12-16-33(27,28)41-32)25-22-23(3)13-14-24(25)4/h11-16,22,26-28,37H,5-10,17-21H2,1-4H3/t26-,27-,28?,32+,33-/m0/s1. The Balaban J connectivity index is 1.61. The molecule has 3 amide bonds. The number of amides is 3. The lowest BCUT2D eigenvalue weighted by Gasteiger charge is -2.38. The van der Waals surface area contributed by atoms with E-state index in [0.717, 1.165) is 36.1 Å². The Morgan fingerprint density at radius 2 is 1.66 bits per heavy atom. The van der Waals surface area contributed by atoms with Crippen molar-refractivity contribution in [2.24, 2.45) is 11.8 Å². The molecule has 5 atom stereocenters. The van der Waals surface area contributed by atoms with Gasteiger partial charge >= 0.3 is 0 Å². The van der Waals surface area contributed by atoms with Gasteiger partial charge in [-0.1, -0.05) is 63.1 Å². The van der Waals surface area contributed by atoms with Gasteiger partial charge in [-0.25, -0.2) is 0 Å². The molecule has 2 saturated heterocycles. The first-order valence-corrected chi connectivity index (χ1v) is 15.4. The van der Waals surface area contributed by atoms with Crippen LogP contribution in [-0.2, 0) is 19.1 Å². The second-order valence-corrected chi connectivity index (χ2v) is 12.1. The van der Waals surface area contributed by atoms with Crippen LogP contribution in [0.25, 0.3) is 0 Å². The number of unbranched alkanes of at least 4 members (excludes halogenated alkanes) is 3. The highest BCUT2D eigenvalue weighted by Gasteiger charge is 2.75. The van der Waals surface area contributed by atoms with Crippen LogP contribution in [0.2, 0.25) is 0 Å². The third-order valence-electron chi connectivity index (χ3n) is 9.48. The summed E-state index contributed by atoms with van der Waals surface area (Å²) in [5.74, 6) is -1.87. The number of rotatable bonds is 10. The second kappa shape index (κ2) is 11.7. The topological polar surface area (TPSA) is 90.4 Å². The predicted octanol–water partition coefficient (Wildman–Crippen LogP) is 3.93. The van der Waals surface area contributed by atoms with Gasteiger partial charge in [-0.05, 0) is 56.7 Å². The van der Waals surface area contributed by atoms with E-state index in [4.69, 9.17) is 4.74 Å². The maximum absolute atomic E-state index is 14.7.